The number of alkyl halides is 3. The smallest absolute Gasteiger partial charge is 0.346 e. The molecule has 0 heterocycles. The Morgan fingerprint density at radius 2 is 1.81 bits per heavy atom. The van der Waals surface area contributed by atoms with Crippen LogP contribution in [-0.2, 0) is 16.0 Å². The highest BCUT2D eigenvalue weighted by atomic mass is 19.4. The predicted octanol–water partition coefficient (Wildman–Crippen LogP) is 1.77. The molecule has 0 fully saturated rings. The fourth-order valence-electron chi connectivity index (χ4n) is 1.58. The van der Waals surface area contributed by atoms with Crippen LogP contribution in [0.15, 0.2) is 24.3 Å². The minimum absolute atomic E-state index is 0.123. The van der Waals surface area contributed by atoms with Crippen molar-refractivity contribution in [3.8, 4) is 0 Å². The number of ketones is 1. The van der Waals surface area contributed by atoms with Crippen LogP contribution in [0.3, 0.4) is 0 Å². The molecule has 0 aliphatic heterocycles. The number of amides is 1. The summed E-state index contributed by atoms with van der Waals surface area (Å²) in [5.41, 5.74) is 0.454. The molecule has 0 aliphatic carbocycles. The number of non-ortho nitro benzene ring substituents is 1. The van der Waals surface area contributed by atoms with Crippen molar-refractivity contribution in [2.24, 2.45) is 0 Å². The summed E-state index contributed by atoms with van der Waals surface area (Å²) in [6, 6.07) is 4.60. The van der Waals surface area contributed by atoms with Gasteiger partial charge in [0.2, 0.25) is 0 Å². The molecular weight excluding hydrogens is 293 g/mol. The van der Waals surface area contributed by atoms with Crippen molar-refractivity contribution in [3.05, 3.63) is 39.9 Å². The molecule has 0 aromatic heterocycles. The van der Waals surface area contributed by atoms with E-state index in [2.05, 4.69) is 0 Å². The average molecular weight is 304 g/mol. The fourth-order valence-corrected chi connectivity index (χ4v) is 1.58. The van der Waals surface area contributed by atoms with E-state index in [0.29, 0.717) is 5.56 Å². The van der Waals surface area contributed by atoms with Crippen molar-refractivity contribution < 1.29 is 27.7 Å². The van der Waals surface area contributed by atoms with Crippen molar-refractivity contribution in [1.82, 2.24) is 5.32 Å². The van der Waals surface area contributed by atoms with E-state index < -0.39 is 28.8 Å². The second-order valence-electron chi connectivity index (χ2n) is 4.33. The molecule has 6 nitrogen and oxygen atoms in total. The molecule has 0 bridgehead atoms. The number of hydrogen-bond donors (Lipinski definition) is 1. The number of rotatable bonds is 5. The van der Waals surface area contributed by atoms with Crippen LogP contribution in [0.25, 0.3) is 0 Å². The molecule has 114 valence electrons. The average Bonchev–Trinajstić information content (AvgIpc) is 2.37. The van der Waals surface area contributed by atoms with Crippen molar-refractivity contribution >= 4 is 17.4 Å². The third kappa shape index (κ3) is 4.86. The molecule has 9 heteroatoms. The van der Waals surface area contributed by atoms with Gasteiger partial charge in [-0.1, -0.05) is 12.1 Å². The lowest BCUT2D eigenvalue weighted by atomic mass is 10.1. The summed E-state index contributed by atoms with van der Waals surface area (Å²) in [6.45, 7) is 1.42. The molecule has 0 radical (unpaired) electrons. The van der Waals surface area contributed by atoms with Gasteiger partial charge in [-0.15, -0.1) is 0 Å². The highest BCUT2D eigenvalue weighted by Crippen LogP contribution is 2.16. The topological polar surface area (TPSA) is 89.3 Å². The van der Waals surface area contributed by atoms with Gasteiger partial charge in [0.05, 0.1) is 4.92 Å². The van der Waals surface area contributed by atoms with Crippen LogP contribution < -0.4 is 5.32 Å². The van der Waals surface area contributed by atoms with Gasteiger partial charge in [-0.2, -0.15) is 13.2 Å². The number of nitro benzene ring substituents is 1. The molecule has 0 spiro atoms. The van der Waals surface area contributed by atoms with Crippen molar-refractivity contribution in [3.63, 3.8) is 0 Å². The normalized spacial score (nSPS) is 12.6. The predicted molar refractivity (Wildman–Crippen MR) is 65.5 cm³/mol. The SMILES string of the molecule is C[C@@H](Cc1ccc([N+](=O)[O-])cc1)NC(=O)C(=O)C(F)(F)F. The standard InChI is InChI=1S/C12H11F3N2O4/c1-7(16-11(19)10(18)12(13,14)15)6-8-2-4-9(5-3-8)17(20)21/h2-5,7H,6H2,1H3,(H,16,19)/t7-/m0/s1. The lowest BCUT2D eigenvalue weighted by Crippen LogP contribution is -2.44. The zero-order valence-corrected chi connectivity index (χ0v) is 10.8. The third-order valence-corrected chi connectivity index (χ3v) is 2.53. The summed E-state index contributed by atoms with van der Waals surface area (Å²) >= 11 is 0. The van der Waals surface area contributed by atoms with Gasteiger partial charge in [-0.05, 0) is 18.9 Å². The number of benzene rings is 1. The quantitative estimate of drug-likeness (QED) is 0.510. The minimum atomic E-state index is -5.21. The van der Waals surface area contributed by atoms with Gasteiger partial charge < -0.3 is 5.32 Å². The van der Waals surface area contributed by atoms with Gasteiger partial charge in [0.25, 0.3) is 11.6 Å². The number of nitro groups is 1. The van der Waals surface area contributed by atoms with E-state index in [1.165, 1.54) is 31.2 Å². The number of halogens is 3. The Balaban J connectivity index is 2.61. The van der Waals surface area contributed by atoms with E-state index >= 15 is 0 Å². The van der Waals surface area contributed by atoms with E-state index in [9.17, 15) is 32.9 Å². The molecule has 1 aromatic carbocycles. The first-order valence-electron chi connectivity index (χ1n) is 5.76. The second kappa shape index (κ2) is 6.33. The molecule has 1 aromatic rings. The van der Waals surface area contributed by atoms with Gasteiger partial charge in [-0.3, -0.25) is 19.7 Å². The minimum Gasteiger partial charge on any atom is -0.346 e. The highest BCUT2D eigenvalue weighted by molar-refractivity contribution is 6.38. The molecule has 0 saturated heterocycles. The van der Waals surface area contributed by atoms with E-state index in [1.54, 1.807) is 0 Å². The summed E-state index contributed by atoms with van der Waals surface area (Å²) in [7, 11) is 0. The van der Waals surface area contributed by atoms with Crippen LogP contribution >= 0.6 is 0 Å². The lowest BCUT2D eigenvalue weighted by molar-refractivity contribution is -0.384. The Morgan fingerprint density at radius 3 is 2.24 bits per heavy atom. The van der Waals surface area contributed by atoms with Crippen LogP contribution in [0.5, 0.6) is 0 Å². The maximum atomic E-state index is 12.0. The zero-order chi connectivity index (χ0) is 16.2. The van der Waals surface area contributed by atoms with Crippen molar-refractivity contribution in [2.75, 3.05) is 0 Å². The maximum absolute atomic E-state index is 12.0. The van der Waals surface area contributed by atoms with E-state index in [4.69, 9.17) is 0 Å². The molecule has 21 heavy (non-hydrogen) atoms. The first-order chi connectivity index (χ1) is 9.61. The van der Waals surface area contributed by atoms with Crippen LogP contribution in [0.1, 0.15) is 12.5 Å². The number of Topliss-reactive ketones (excluding diaryl/α,β-unsaturated/α-hetero) is 1. The first kappa shape index (κ1) is 16.6. The molecule has 1 N–H and O–H groups in total. The first-order valence-corrected chi connectivity index (χ1v) is 5.76. The van der Waals surface area contributed by atoms with Crippen LogP contribution in [-0.4, -0.2) is 28.8 Å². The number of nitrogens with one attached hydrogen (secondary N) is 1. The van der Waals surface area contributed by atoms with Gasteiger partial charge in [-0.25, -0.2) is 0 Å². The Kier molecular flexibility index (Phi) is 5.01. The van der Waals surface area contributed by atoms with E-state index in [1.807, 2.05) is 5.32 Å². The Hall–Kier alpha value is -2.45. The fraction of sp³-hybridized carbons (Fsp3) is 0.333. The van der Waals surface area contributed by atoms with Gasteiger partial charge in [0, 0.05) is 18.2 Å². The summed E-state index contributed by atoms with van der Waals surface area (Å²) in [6.07, 6.45) is -5.08. The molecule has 1 rings (SSSR count). The lowest BCUT2D eigenvalue weighted by Gasteiger charge is -2.14. The van der Waals surface area contributed by atoms with Crippen LogP contribution in [0.4, 0.5) is 18.9 Å². The third-order valence-electron chi connectivity index (χ3n) is 2.53. The van der Waals surface area contributed by atoms with Gasteiger partial charge >= 0.3 is 12.0 Å². The monoisotopic (exact) mass is 304 g/mol. The Bertz CT molecular complexity index is 555. The number of carbonyl (C=O) groups is 2. The number of hydrogen-bond acceptors (Lipinski definition) is 4. The Labute approximate surface area is 117 Å². The van der Waals surface area contributed by atoms with E-state index in [-0.39, 0.29) is 12.1 Å². The molecular formula is C12H11F3N2O4. The van der Waals surface area contributed by atoms with Crippen molar-refractivity contribution in [2.45, 2.75) is 25.6 Å². The number of nitrogens with zero attached hydrogens (tertiary/aromatic N) is 1. The molecule has 0 aliphatic rings. The van der Waals surface area contributed by atoms with Crippen LogP contribution in [0.2, 0.25) is 0 Å². The van der Waals surface area contributed by atoms with Gasteiger partial charge in [0.15, 0.2) is 0 Å². The Morgan fingerprint density at radius 1 is 1.29 bits per heavy atom. The zero-order valence-electron chi connectivity index (χ0n) is 10.8. The summed E-state index contributed by atoms with van der Waals surface area (Å²) in [4.78, 5) is 31.6. The second-order valence-corrected chi connectivity index (χ2v) is 4.33. The van der Waals surface area contributed by atoms with Crippen molar-refractivity contribution in [1.29, 1.82) is 0 Å². The maximum Gasteiger partial charge on any atom is 0.460 e. The van der Waals surface area contributed by atoms with E-state index in [0.717, 1.165) is 0 Å². The largest absolute Gasteiger partial charge is 0.460 e. The molecule has 1 amide bonds. The highest BCUT2D eigenvalue weighted by Gasteiger charge is 2.43. The van der Waals surface area contributed by atoms with Gasteiger partial charge in [0.1, 0.15) is 0 Å². The summed E-state index contributed by atoms with van der Waals surface area (Å²) < 4.78 is 36.1. The molecule has 0 unspecified atom stereocenters. The summed E-state index contributed by atoms with van der Waals surface area (Å²) in [5.74, 6) is -4.19. The number of carbonyl (C=O) groups excluding carboxylic acids is 2. The van der Waals surface area contributed by atoms with Crippen LogP contribution in [0, 0.1) is 10.1 Å². The summed E-state index contributed by atoms with van der Waals surface area (Å²) in [5, 5.41) is 12.4. The molecule has 0 saturated carbocycles. The molecule has 1 atom stereocenters.